The minimum atomic E-state index is -0.745. The lowest BCUT2D eigenvalue weighted by molar-refractivity contribution is 0.102. The van der Waals surface area contributed by atoms with E-state index in [4.69, 9.17) is 16.3 Å². The van der Waals surface area contributed by atoms with Crippen molar-refractivity contribution in [3.63, 3.8) is 0 Å². The second-order valence-corrected chi connectivity index (χ2v) is 5.89. The molecule has 0 unspecified atom stereocenters. The van der Waals surface area contributed by atoms with Gasteiger partial charge in [-0.3, -0.25) is 9.78 Å². The molecule has 0 bridgehead atoms. The molecule has 1 aromatic heterocycles. The predicted molar refractivity (Wildman–Crippen MR) is 99.8 cm³/mol. The molecule has 0 radical (unpaired) electrons. The Hall–Kier alpha value is -3.19. The van der Waals surface area contributed by atoms with Crippen molar-refractivity contribution in [2.45, 2.75) is 0 Å². The maximum atomic E-state index is 13.8. The van der Waals surface area contributed by atoms with E-state index in [1.165, 1.54) is 25.4 Å². The molecule has 3 aromatic rings. The Morgan fingerprint density at radius 3 is 2.59 bits per heavy atom. The maximum Gasteiger partial charge on any atom is 0.274 e. The van der Waals surface area contributed by atoms with E-state index in [1.807, 2.05) is 0 Å². The molecule has 0 aliphatic carbocycles. The van der Waals surface area contributed by atoms with Gasteiger partial charge in [0, 0.05) is 23.6 Å². The third-order valence-corrected chi connectivity index (χ3v) is 3.91. The summed E-state index contributed by atoms with van der Waals surface area (Å²) in [5.41, 5.74) is 1.08. The zero-order valence-corrected chi connectivity index (χ0v) is 14.8. The minimum absolute atomic E-state index is 0.0795. The number of pyridine rings is 1. The normalized spacial score (nSPS) is 10.4. The number of ether oxygens (including phenoxy) is 1. The second kappa shape index (κ2) is 8.01. The number of nitrogens with zero attached hydrogens (tertiary/aromatic N) is 1. The summed E-state index contributed by atoms with van der Waals surface area (Å²) in [4.78, 5) is 16.4. The van der Waals surface area contributed by atoms with Gasteiger partial charge < -0.3 is 15.4 Å². The molecule has 27 heavy (non-hydrogen) atoms. The highest BCUT2D eigenvalue weighted by Gasteiger charge is 2.11. The topological polar surface area (TPSA) is 63.2 Å². The van der Waals surface area contributed by atoms with Crippen LogP contribution in [0, 0.1) is 11.6 Å². The molecular formula is C19H14ClF2N3O2. The molecule has 0 aliphatic rings. The van der Waals surface area contributed by atoms with Gasteiger partial charge in [0.15, 0.2) is 0 Å². The van der Waals surface area contributed by atoms with Crippen LogP contribution in [0.4, 0.5) is 25.8 Å². The first kappa shape index (κ1) is 18.6. The third-order valence-electron chi connectivity index (χ3n) is 3.61. The number of amides is 1. The predicted octanol–water partition coefficient (Wildman–Crippen LogP) is 5.02. The molecule has 8 heteroatoms. The lowest BCUT2D eigenvalue weighted by Gasteiger charge is -2.10. The smallest absolute Gasteiger partial charge is 0.274 e. The Morgan fingerprint density at radius 2 is 1.89 bits per heavy atom. The van der Waals surface area contributed by atoms with Gasteiger partial charge in [-0.25, -0.2) is 8.78 Å². The van der Waals surface area contributed by atoms with E-state index in [0.29, 0.717) is 22.1 Å². The molecule has 0 saturated heterocycles. The molecule has 5 nitrogen and oxygen atoms in total. The van der Waals surface area contributed by atoms with Gasteiger partial charge in [0.2, 0.25) is 0 Å². The van der Waals surface area contributed by atoms with Crippen LogP contribution >= 0.6 is 11.6 Å². The first-order valence-corrected chi connectivity index (χ1v) is 8.17. The van der Waals surface area contributed by atoms with Crippen molar-refractivity contribution < 1.29 is 18.3 Å². The van der Waals surface area contributed by atoms with Gasteiger partial charge in [-0.15, -0.1) is 0 Å². The van der Waals surface area contributed by atoms with E-state index in [0.717, 1.165) is 12.1 Å². The number of aromatic nitrogens is 1. The highest BCUT2D eigenvalue weighted by molar-refractivity contribution is 6.32. The van der Waals surface area contributed by atoms with Crippen LogP contribution < -0.4 is 15.4 Å². The van der Waals surface area contributed by atoms with Crippen molar-refractivity contribution >= 4 is 34.6 Å². The van der Waals surface area contributed by atoms with Gasteiger partial charge in [0.25, 0.3) is 5.91 Å². The molecule has 0 spiro atoms. The Balaban J connectivity index is 1.76. The van der Waals surface area contributed by atoms with Crippen molar-refractivity contribution in [3.05, 3.63) is 77.1 Å². The van der Waals surface area contributed by atoms with Crippen molar-refractivity contribution in [2.24, 2.45) is 0 Å². The first-order valence-electron chi connectivity index (χ1n) is 7.79. The van der Waals surface area contributed by atoms with Gasteiger partial charge in [-0.05, 0) is 42.5 Å². The van der Waals surface area contributed by atoms with Crippen molar-refractivity contribution in [1.29, 1.82) is 0 Å². The third kappa shape index (κ3) is 4.51. The maximum absolute atomic E-state index is 13.8. The molecule has 0 atom stereocenters. The first-order chi connectivity index (χ1) is 13.0. The summed E-state index contributed by atoms with van der Waals surface area (Å²) in [7, 11) is 1.49. The Labute approximate surface area is 159 Å². The average Bonchev–Trinajstić information content (AvgIpc) is 2.64. The van der Waals surface area contributed by atoms with Gasteiger partial charge in [-0.2, -0.15) is 0 Å². The van der Waals surface area contributed by atoms with Crippen LogP contribution in [-0.2, 0) is 0 Å². The number of carbonyl (C=O) groups is 1. The van der Waals surface area contributed by atoms with Gasteiger partial charge in [0.1, 0.15) is 23.1 Å². The van der Waals surface area contributed by atoms with Crippen LogP contribution in [0.25, 0.3) is 0 Å². The summed E-state index contributed by atoms with van der Waals surface area (Å²) in [6, 6.07) is 11.0. The van der Waals surface area contributed by atoms with Crippen LogP contribution in [0.5, 0.6) is 5.75 Å². The number of halogens is 3. The standard InChI is InChI=1S/C19H14ClF2N3O2/c1-27-18-5-3-12(9-14(18)20)25-19(26)17-10-13(6-7-23-17)24-16-4-2-11(21)8-15(16)22/h2-10H,1H3,(H,23,24)(H,25,26). The van der Waals surface area contributed by atoms with Crippen LogP contribution in [0.15, 0.2) is 54.7 Å². The monoisotopic (exact) mass is 389 g/mol. The van der Waals surface area contributed by atoms with E-state index >= 15 is 0 Å². The molecule has 0 aliphatic heterocycles. The van der Waals surface area contributed by atoms with E-state index in [9.17, 15) is 13.6 Å². The molecule has 2 N–H and O–H groups in total. The van der Waals surface area contributed by atoms with Gasteiger partial charge in [-0.1, -0.05) is 11.6 Å². The van der Waals surface area contributed by atoms with Crippen molar-refractivity contribution in [3.8, 4) is 5.75 Å². The van der Waals surface area contributed by atoms with Crippen molar-refractivity contribution in [1.82, 2.24) is 4.98 Å². The summed E-state index contributed by atoms with van der Waals surface area (Å²) in [5, 5.41) is 5.80. The quantitative estimate of drug-likeness (QED) is 0.643. The van der Waals surface area contributed by atoms with Crippen molar-refractivity contribution in [2.75, 3.05) is 17.7 Å². The molecule has 0 saturated carbocycles. The number of methoxy groups -OCH3 is 1. The molecule has 3 rings (SSSR count). The zero-order chi connectivity index (χ0) is 19.4. The fraction of sp³-hybridized carbons (Fsp3) is 0.0526. The fourth-order valence-corrected chi connectivity index (χ4v) is 2.58. The number of rotatable bonds is 5. The molecule has 1 amide bonds. The zero-order valence-electron chi connectivity index (χ0n) is 14.1. The number of nitrogens with one attached hydrogen (secondary N) is 2. The Morgan fingerprint density at radius 1 is 1.07 bits per heavy atom. The summed E-state index contributed by atoms with van der Waals surface area (Å²) in [6.45, 7) is 0. The number of benzene rings is 2. The summed E-state index contributed by atoms with van der Waals surface area (Å²) < 4.78 is 31.8. The van der Waals surface area contributed by atoms with E-state index in [2.05, 4.69) is 15.6 Å². The highest BCUT2D eigenvalue weighted by atomic mass is 35.5. The molecule has 138 valence electrons. The highest BCUT2D eigenvalue weighted by Crippen LogP contribution is 2.27. The average molecular weight is 390 g/mol. The number of anilines is 3. The lowest BCUT2D eigenvalue weighted by atomic mass is 10.2. The van der Waals surface area contributed by atoms with E-state index < -0.39 is 17.5 Å². The summed E-state index contributed by atoms with van der Waals surface area (Å²) in [5.74, 6) is -1.41. The van der Waals surface area contributed by atoms with Crippen LogP contribution in [0.2, 0.25) is 5.02 Å². The fourth-order valence-electron chi connectivity index (χ4n) is 2.32. The Kier molecular flexibility index (Phi) is 5.52. The number of hydrogen-bond donors (Lipinski definition) is 2. The van der Waals surface area contributed by atoms with Crippen LogP contribution in [0.3, 0.4) is 0 Å². The van der Waals surface area contributed by atoms with E-state index in [-0.39, 0.29) is 11.4 Å². The Bertz CT molecular complexity index is 998. The molecule has 2 aromatic carbocycles. The number of carbonyl (C=O) groups excluding carboxylic acids is 1. The van der Waals surface area contributed by atoms with Gasteiger partial charge in [0.05, 0.1) is 17.8 Å². The van der Waals surface area contributed by atoms with Crippen LogP contribution in [0.1, 0.15) is 10.5 Å². The second-order valence-electron chi connectivity index (χ2n) is 5.48. The molecule has 1 heterocycles. The minimum Gasteiger partial charge on any atom is -0.495 e. The molecular weight excluding hydrogens is 376 g/mol. The largest absolute Gasteiger partial charge is 0.495 e. The summed E-state index contributed by atoms with van der Waals surface area (Å²) in [6.07, 6.45) is 1.40. The van der Waals surface area contributed by atoms with Crippen LogP contribution in [-0.4, -0.2) is 18.0 Å². The summed E-state index contributed by atoms with van der Waals surface area (Å²) >= 11 is 6.04. The SMILES string of the molecule is COc1ccc(NC(=O)c2cc(Nc3ccc(F)cc3F)ccn2)cc1Cl. The van der Waals surface area contributed by atoms with E-state index in [1.54, 1.807) is 24.3 Å². The lowest BCUT2D eigenvalue weighted by Crippen LogP contribution is -2.14. The molecule has 0 fully saturated rings. The number of hydrogen-bond acceptors (Lipinski definition) is 4. The van der Waals surface area contributed by atoms with Gasteiger partial charge >= 0.3 is 0 Å².